The highest BCUT2D eigenvalue weighted by molar-refractivity contribution is 7.94. The average Bonchev–Trinajstić information content (AvgIpc) is 2.97. The number of hydrogen-bond acceptors (Lipinski definition) is 7. The van der Waals surface area contributed by atoms with Crippen molar-refractivity contribution in [3.63, 3.8) is 0 Å². The Hall–Kier alpha value is -2.11. The van der Waals surface area contributed by atoms with E-state index in [4.69, 9.17) is 39.5 Å². The zero-order valence-corrected chi connectivity index (χ0v) is 17.3. The summed E-state index contributed by atoms with van der Waals surface area (Å²) in [4.78, 5) is 18.9. The molecule has 0 aliphatic rings. The lowest BCUT2D eigenvalue weighted by Gasteiger charge is -2.13. The molecule has 0 aliphatic heterocycles. The molecule has 2 N–H and O–H groups in total. The molecule has 0 fully saturated rings. The number of carboxylic acid groups (broad SMARTS) is 1. The van der Waals surface area contributed by atoms with Crippen molar-refractivity contribution in [1.82, 2.24) is 9.97 Å². The van der Waals surface area contributed by atoms with E-state index in [1.54, 1.807) is 0 Å². The highest BCUT2D eigenvalue weighted by atomic mass is 35.5. The first-order valence-corrected chi connectivity index (χ1v) is 10.6. The molecule has 0 saturated carbocycles. The molecular weight excluding hydrogens is 473 g/mol. The number of nitrogens with zero attached hydrogens (tertiary/aromatic N) is 2. The number of carbonyl (C=O) groups is 1. The van der Waals surface area contributed by atoms with Crippen LogP contribution < -0.4 is 9.46 Å². The molecule has 0 saturated heterocycles. The molecule has 3 aromatic rings. The third kappa shape index (κ3) is 4.47. The first-order chi connectivity index (χ1) is 13.2. The van der Waals surface area contributed by atoms with Gasteiger partial charge in [0.1, 0.15) is 14.2 Å². The van der Waals surface area contributed by atoms with E-state index < -0.39 is 16.0 Å². The molecule has 3 aromatic heterocycles. The minimum Gasteiger partial charge on any atom is -0.476 e. The van der Waals surface area contributed by atoms with Gasteiger partial charge in [-0.25, -0.2) is 23.2 Å². The number of thiophene rings is 1. The Morgan fingerprint density at radius 1 is 1.21 bits per heavy atom. The van der Waals surface area contributed by atoms with Crippen molar-refractivity contribution in [2.24, 2.45) is 0 Å². The first kappa shape index (κ1) is 20.6. The Morgan fingerprint density at radius 3 is 2.61 bits per heavy atom. The van der Waals surface area contributed by atoms with Crippen LogP contribution in [0.2, 0.25) is 14.4 Å². The van der Waals surface area contributed by atoms with Gasteiger partial charge in [-0.15, -0.1) is 11.3 Å². The minimum atomic E-state index is -4.08. The van der Waals surface area contributed by atoms with Crippen molar-refractivity contribution in [1.29, 1.82) is 0 Å². The minimum absolute atomic E-state index is 0.0918. The molecule has 0 atom stereocenters. The summed E-state index contributed by atoms with van der Waals surface area (Å²) in [5.41, 5.74) is -0.488. The van der Waals surface area contributed by atoms with Gasteiger partial charge in [0.25, 0.3) is 10.0 Å². The summed E-state index contributed by atoms with van der Waals surface area (Å²) in [6, 6.07) is 5.26. The molecule has 3 heterocycles. The number of carboxylic acids is 1. The second-order valence-corrected chi connectivity index (χ2v) is 9.46. The van der Waals surface area contributed by atoms with Gasteiger partial charge in [0, 0.05) is 12.4 Å². The number of aromatic nitrogens is 2. The molecule has 0 amide bonds. The lowest BCUT2D eigenvalue weighted by atomic mass is 10.3. The smallest absolute Gasteiger partial charge is 0.358 e. The van der Waals surface area contributed by atoms with Crippen LogP contribution in [0.25, 0.3) is 0 Å². The summed E-state index contributed by atoms with van der Waals surface area (Å²) in [5, 5.41) is 9.42. The number of pyridine rings is 2. The number of halogens is 3. The molecule has 146 valence electrons. The normalized spacial score (nSPS) is 11.2. The van der Waals surface area contributed by atoms with Gasteiger partial charge in [-0.05, 0) is 24.3 Å². The van der Waals surface area contributed by atoms with Crippen LogP contribution in [-0.2, 0) is 10.0 Å². The number of anilines is 1. The second kappa shape index (κ2) is 8.10. The molecule has 0 aliphatic carbocycles. The van der Waals surface area contributed by atoms with Gasteiger partial charge in [0.2, 0.25) is 5.88 Å². The topological polar surface area (TPSA) is 118 Å². The highest BCUT2D eigenvalue weighted by Crippen LogP contribution is 2.37. The Balaban J connectivity index is 1.99. The fourth-order valence-electron chi connectivity index (χ4n) is 1.97. The number of aromatic carboxylic acids is 1. The zero-order chi connectivity index (χ0) is 20.5. The van der Waals surface area contributed by atoms with Gasteiger partial charge in [-0.3, -0.25) is 4.72 Å². The van der Waals surface area contributed by atoms with Crippen molar-refractivity contribution in [2.75, 3.05) is 4.72 Å². The van der Waals surface area contributed by atoms with Crippen LogP contribution in [0.3, 0.4) is 0 Å². The maximum absolute atomic E-state index is 12.6. The molecule has 13 heteroatoms. The molecule has 0 unspecified atom stereocenters. The third-order valence-corrected chi connectivity index (χ3v) is 7.04. The predicted octanol–water partition coefficient (Wildman–Crippen LogP) is 4.79. The quantitative estimate of drug-likeness (QED) is 0.520. The lowest BCUT2D eigenvalue weighted by Crippen LogP contribution is -2.13. The van der Waals surface area contributed by atoms with E-state index in [-0.39, 0.29) is 41.6 Å². The number of ether oxygens (including phenoxy) is 1. The monoisotopic (exact) mass is 479 g/mol. The van der Waals surface area contributed by atoms with Crippen LogP contribution in [0.5, 0.6) is 11.6 Å². The van der Waals surface area contributed by atoms with Crippen molar-refractivity contribution >= 4 is 67.8 Å². The summed E-state index contributed by atoms with van der Waals surface area (Å²) in [6.45, 7) is 0. The lowest BCUT2D eigenvalue weighted by molar-refractivity contribution is 0.0687. The SMILES string of the molecule is O=C(O)c1ncccc1Oc1ncc(Cl)cc1NS(=O)(=O)c1cc(Cl)c(Cl)s1. The maximum atomic E-state index is 12.6. The van der Waals surface area contributed by atoms with E-state index in [9.17, 15) is 18.3 Å². The molecule has 28 heavy (non-hydrogen) atoms. The fraction of sp³-hybridized carbons (Fsp3) is 0. The second-order valence-electron chi connectivity index (χ2n) is 5.06. The van der Waals surface area contributed by atoms with Crippen molar-refractivity contribution in [2.45, 2.75) is 4.21 Å². The fourth-order valence-corrected chi connectivity index (χ4v) is 5.06. The van der Waals surface area contributed by atoms with E-state index in [0.29, 0.717) is 0 Å². The standard InChI is InChI=1S/C15H8Cl3N3O5S2/c16-7-4-9(21-28(24,25)11-5-8(17)13(18)27-11)14(20-6-7)26-10-2-1-3-19-12(10)15(22)23/h1-6,21H,(H,22,23). The summed E-state index contributed by atoms with van der Waals surface area (Å²) < 4.78 is 32.9. The van der Waals surface area contributed by atoms with Crippen LogP contribution in [0.1, 0.15) is 10.5 Å². The number of nitrogens with one attached hydrogen (secondary N) is 1. The van der Waals surface area contributed by atoms with Gasteiger partial charge in [-0.2, -0.15) is 0 Å². The summed E-state index contributed by atoms with van der Waals surface area (Å²) >= 11 is 18.3. The summed E-state index contributed by atoms with van der Waals surface area (Å²) in [5.74, 6) is -1.68. The van der Waals surface area contributed by atoms with Crippen LogP contribution in [0, 0.1) is 0 Å². The third-order valence-electron chi connectivity index (χ3n) is 3.13. The Morgan fingerprint density at radius 2 is 1.96 bits per heavy atom. The van der Waals surface area contributed by atoms with Crippen molar-refractivity contribution in [3.05, 3.63) is 56.7 Å². The van der Waals surface area contributed by atoms with E-state index in [1.165, 1.54) is 36.7 Å². The number of sulfonamides is 1. The zero-order valence-electron chi connectivity index (χ0n) is 13.4. The number of rotatable bonds is 6. The van der Waals surface area contributed by atoms with Crippen molar-refractivity contribution in [3.8, 4) is 11.6 Å². The molecule has 8 nitrogen and oxygen atoms in total. The first-order valence-electron chi connectivity index (χ1n) is 7.17. The van der Waals surface area contributed by atoms with E-state index in [2.05, 4.69) is 14.7 Å². The molecule has 0 aromatic carbocycles. The molecule has 0 radical (unpaired) electrons. The average molecular weight is 481 g/mol. The maximum Gasteiger partial charge on any atom is 0.358 e. The molecule has 0 bridgehead atoms. The molecule has 3 rings (SSSR count). The van der Waals surface area contributed by atoms with Crippen LogP contribution >= 0.6 is 46.1 Å². The predicted molar refractivity (Wildman–Crippen MR) is 106 cm³/mol. The van der Waals surface area contributed by atoms with Crippen LogP contribution in [-0.4, -0.2) is 29.5 Å². The largest absolute Gasteiger partial charge is 0.476 e. The Labute approximate surface area is 177 Å². The van der Waals surface area contributed by atoms with Gasteiger partial charge in [0.05, 0.1) is 10.0 Å². The number of hydrogen-bond donors (Lipinski definition) is 2. The van der Waals surface area contributed by atoms with Gasteiger partial charge in [-0.1, -0.05) is 34.8 Å². The Bertz CT molecular complexity index is 1150. The molecule has 0 spiro atoms. The van der Waals surface area contributed by atoms with Gasteiger partial charge < -0.3 is 9.84 Å². The van der Waals surface area contributed by atoms with Crippen LogP contribution in [0.4, 0.5) is 5.69 Å². The van der Waals surface area contributed by atoms with E-state index in [0.717, 1.165) is 11.3 Å². The van der Waals surface area contributed by atoms with Gasteiger partial charge in [0.15, 0.2) is 11.4 Å². The van der Waals surface area contributed by atoms with E-state index >= 15 is 0 Å². The Kier molecular flexibility index (Phi) is 5.96. The highest BCUT2D eigenvalue weighted by Gasteiger charge is 2.23. The van der Waals surface area contributed by atoms with Crippen LogP contribution in [0.15, 0.2) is 40.9 Å². The summed E-state index contributed by atoms with van der Waals surface area (Å²) in [7, 11) is -4.08. The summed E-state index contributed by atoms with van der Waals surface area (Å²) in [6.07, 6.45) is 2.49. The van der Waals surface area contributed by atoms with E-state index in [1.807, 2.05) is 0 Å². The van der Waals surface area contributed by atoms with Crippen molar-refractivity contribution < 1.29 is 23.1 Å². The molecular formula is C15H8Cl3N3O5S2. The van der Waals surface area contributed by atoms with Gasteiger partial charge >= 0.3 is 5.97 Å².